The highest BCUT2D eigenvalue weighted by molar-refractivity contribution is 14.0. The molecular weight excluding hydrogens is 505 g/mol. The lowest BCUT2D eigenvalue weighted by atomic mass is 10.1. The Balaban J connectivity index is 0.00000480. The lowest BCUT2D eigenvalue weighted by Crippen LogP contribution is -2.38. The predicted molar refractivity (Wildman–Crippen MR) is 137 cm³/mol. The van der Waals surface area contributed by atoms with Gasteiger partial charge in [0.1, 0.15) is 0 Å². The molecule has 2 rings (SSSR count). The predicted octanol–water partition coefficient (Wildman–Crippen LogP) is 2.90. The number of amides is 2. The largest absolute Gasteiger partial charge is 0.357 e. The van der Waals surface area contributed by atoms with E-state index in [0.717, 1.165) is 69.8 Å². The first-order valence-corrected chi connectivity index (χ1v) is 11.1. The van der Waals surface area contributed by atoms with Gasteiger partial charge in [-0.05, 0) is 50.3 Å². The molecular formula is C23H38IN5O2. The van der Waals surface area contributed by atoms with E-state index in [9.17, 15) is 9.59 Å². The highest BCUT2D eigenvalue weighted by Crippen LogP contribution is 2.11. The van der Waals surface area contributed by atoms with E-state index >= 15 is 0 Å². The normalized spacial score (nSPS) is 14.5. The van der Waals surface area contributed by atoms with Crippen molar-refractivity contribution in [2.75, 3.05) is 46.8 Å². The molecule has 31 heavy (non-hydrogen) atoms. The molecule has 1 saturated heterocycles. The van der Waals surface area contributed by atoms with Crippen LogP contribution in [0.4, 0.5) is 0 Å². The van der Waals surface area contributed by atoms with Crippen molar-refractivity contribution in [3.05, 3.63) is 35.4 Å². The Morgan fingerprint density at radius 3 is 2.74 bits per heavy atom. The zero-order valence-corrected chi connectivity index (χ0v) is 21.5. The maximum Gasteiger partial charge on any atom is 0.253 e. The van der Waals surface area contributed by atoms with E-state index in [1.165, 1.54) is 0 Å². The molecule has 1 aliphatic heterocycles. The number of nitrogens with one attached hydrogen (secondary N) is 2. The molecule has 1 aromatic carbocycles. The van der Waals surface area contributed by atoms with Crippen molar-refractivity contribution in [2.45, 2.75) is 45.4 Å². The minimum absolute atomic E-state index is 0. The van der Waals surface area contributed by atoms with Gasteiger partial charge in [0.05, 0.1) is 0 Å². The van der Waals surface area contributed by atoms with E-state index in [1.807, 2.05) is 36.1 Å². The van der Waals surface area contributed by atoms with Crippen molar-refractivity contribution >= 4 is 41.8 Å². The van der Waals surface area contributed by atoms with Crippen LogP contribution in [-0.2, 0) is 11.2 Å². The van der Waals surface area contributed by atoms with E-state index < -0.39 is 0 Å². The van der Waals surface area contributed by atoms with Gasteiger partial charge in [-0.1, -0.05) is 18.6 Å². The second kappa shape index (κ2) is 15.0. The summed E-state index contributed by atoms with van der Waals surface area (Å²) in [6, 6.07) is 7.76. The molecule has 2 amide bonds. The third-order valence-electron chi connectivity index (χ3n) is 5.16. The molecule has 0 saturated carbocycles. The summed E-state index contributed by atoms with van der Waals surface area (Å²) in [5.74, 6) is 1.10. The number of hydrogen-bond donors (Lipinski definition) is 2. The average molecular weight is 543 g/mol. The maximum absolute atomic E-state index is 12.1. The van der Waals surface area contributed by atoms with Crippen LogP contribution < -0.4 is 10.6 Å². The van der Waals surface area contributed by atoms with Gasteiger partial charge in [0.25, 0.3) is 5.91 Å². The van der Waals surface area contributed by atoms with Gasteiger partial charge in [-0.3, -0.25) is 14.6 Å². The number of aliphatic imine (C=N–C) groups is 1. The highest BCUT2D eigenvalue weighted by Gasteiger charge is 2.15. The van der Waals surface area contributed by atoms with Crippen LogP contribution in [0.25, 0.3) is 0 Å². The molecule has 1 heterocycles. The molecule has 7 nitrogen and oxygen atoms in total. The van der Waals surface area contributed by atoms with Crippen LogP contribution in [0.3, 0.4) is 0 Å². The quantitative estimate of drug-likeness (QED) is 0.218. The molecule has 1 fully saturated rings. The first kappa shape index (κ1) is 27.2. The molecule has 0 radical (unpaired) electrons. The van der Waals surface area contributed by atoms with Crippen molar-refractivity contribution in [3.8, 4) is 0 Å². The summed E-state index contributed by atoms with van der Waals surface area (Å²) < 4.78 is 0. The topological polar surface area (TPSA) is 77.0 Å². The Kier molecular flexibility index (Phi) is 13.2. The molecule has 1 aromatic rings. The number of guanidine groups is 1. The first-order valence-electron chi connectivity index (χ1n) is 11.1. The lowest BCUT2D eigenvalue weighted by Gasteiger charge is -2.20. The Morgan fingerprint density at radius 1 is 1.19 bits per heavy atom. The van der Waals surface area contributed by atoms with Crippen molar-refractivity contribution in [3.63, 3.8) is 0 Å². The van der Waals surface area contributed by atoms with E-state index in [1.54, 1.807) is 19.0 Å². The van der Waals surface area contributed by atoms with E-state index in [0.29, 0.717) is 18.5 Å². The number of rotatable bonds is 9. The second-order valence-electron chi connectivity index (χ2n) is 7.88. The van der Waals surface area contributed by atoms with Crippen LogP contribution in [0.15, 0.2) is 29.3 Å². The Bertz CT molecular complexity index is 724. The molecule has 174 valence electrons. The number of hydrogen-bond acceptors (Lipinski definition) is 3. The molecule has 0 bridgehead atoms. The molecule has 0 spiro atoms. The van der Waals surface area contributed by atoms with Gasteiger partial charge in [0.2, 0.25) is 5.91 Å². The zero-order chi connectivity index (χ0) is 21.8. The van der Waals surface area contributed by atoms with Crippen LogP contribution in [0.5, 0.6) is 0 Å². The van der Waals surface area contributed by atoms with Gasteiger partial charge >= 0.3 is 0 Å². The third-order valence-corrected chi connectivity index (χ3v) is 5.16. The Morgan fingerprint density at radius 2 is 2.00 bits per heavy atom. The Hall–Kier alpha value is -1.84. The SMILES string of the molecule is CCNC(=NCCCN1CCCCCC1=O)NCCc1cccc(C(=O)N(C)C)c1.I. The first-order chi connectivity index (χ1) is 14.5. The Labute approximate surface area is 204 Å². The van der Waals surface area contributed by atoms with Crippen LogP contribution >= 0.6 is 24.0 Å². The molecule has 0 aliphatic carbocycles. The summed E-state index contributed by atoms with van der Waals surface area (Å²) in [5, 5.41) is 6.63. The summed E-state index contributed by atoms with van der Waals surface area (Å²) in [5.41, 5.74) is 1.83. The minimum atomic E-state index is 0. The van der Waals surface area contributed by atoms with E-state index in [-0.39, 0.29) is 35.8 Å². The second-order valence-corrected chi connectivity index (χ2v) is 7.88. The summed E-state index contributed by atoms with van der Waals surface area (Å²) in [7, 11) is 3.52. The molecule has 8 heteroatoms. The lowest BCUT2D eigenvalue weighted by molar-refractivity contribution is -0.130. The fourth-order valence-corrected chi connectivity index (χ4v) is 3.51. The summed E-state index contributed by atoms with van der Waals surface area (Å²) in [6.07, 6.45) is 5.66. The maximum atomic E-state index is 12.1. The average Bonchev–Trinajstić information content (AvgIpc) is 2.94. The number of benzene rings is 1. The van der Waals surface area contributed by atoms with E-state index in [4.69, 9.17) is 0 Å². The molecule has 0 unspecified atom stereocenters. The molecule has 0 aromatic heterocycles. The standard InChI is InChI=1S/C23H37N5O2.HI/c1-4-24-23(25-14-9-17-28-16-7-5-6-12-21(28)29)26-15-13-19-10-8-11-20(18-19)22(30)27(2)3;/h8,10-11,18H,4-7,9,12-17H2,1-3H3,(H2,24,25,26);1H. The van der Waals surface area contributed by atoms with Crippen LogP contribution in [0.2, 0.25) is 0 Å². The number of nitrogens with zero attached hydrogens (tertiary/aromatic N) is 3. The van der Waals surface area contributed by atoms with E-state index in [2.05, 4.69) is 15.6 Å². The van der Waals surface area contributed by atoms with Crippen LogP contribution in [0, 0.1) is 0 Å². The van der Waals surface area contributed by atoms with Crippen LogP contribution in [-0.4, -0.2) is 74.4 Å². The van der Waals surface area contributed by atoms with Crippen LogP contribution in [0.1, 0.15) is 54.9 Å². The smallest absolute Gasteiger partial charge is 0.253 e. The van der Waals surface area contributed by atoms with Gasteiger partial charge in [-0.25, -0.2) is 0 Å². The zero-order valence-electron chi connectivity index (χ0n) is 19.2. The minimum Gasteiger partial charge on any atom is -0.357 e. The number of likely N-dealkylation sites (tertiary alicyclic amines) is 1. The van der Waals surface area contributed by atoms with Crippen molar-refractivity contribution in [1.82, 2.24) is 20.4 Å². The van der Waals surface area contributed by atoms with Crippen molar-refractivity contribution in [2.24, 2.45) is 4.99 Å². The van der Waals surface area contributed by atoms with Gasteiger partial charge in [-0.2, -0.15) is 0 Å². The third kappa shape index (κ3) is 9.88. The number of carbonyl (C=O) groups excluding carboxylic acids is 2. The summed E-state index contributed by atoms with van der Waals surface area (Å²) in [6.45, 7) is 5.93. The summed E-state index contributed by atoms with van der Waals surface area (Å²) in [4.78, 5) is 32.4. The molecule has 0 atom stereocenters. The fourth-order valence-electron chi connectivity index (χ4n) is 3.51. The fraction of sp³-hybridized carbons (Fsp3) is 0.609. The van der Waals surface area contributed by atoms with Gasteiger partial charge in [-0.15, -0.1) is 24.0 Å². The molecule has 2 N–H and O–H groups in total. The van der Waals surface area contributed by atoms with Gasteiger partial charge in [0.15, 0.2) is 5.96 Å². The molecule has 1 aliphatic rings. The van der Waals surface area contributed by atoms with Gasteiger partial charge < -0.3 is 20.4 Å². The number of halogens is 1. The summed E-state index contributed by atoms with van der Waals surface area (Å²) >= 11 is 0. The number of carbonyl (C=O) groups is 2. The highest BCUT2D eigenvalue weighted by atomic mass is 127. The monoisotopic (exact) mass is 543 g/mol. The van der Waals surface area contributed by atoms with Gasteiger partial charge in [0, 0.05) is 58.8 Å². The van der Waals surface area contributed by atoms with Crippen molar-refractivity contribution in [1.29, 1.82) is 0 Å². The van der Waals surface area contributed by atoms with Crippen molar-refractivity contribution < 1.29 is 9.59 Å².